The highest BCUT2D eigenvalue weighted by Gasteiger charge is 2.21. The van der Waals surface area contributed by atoms with Gasteiger partial charge in [0, 0.05) is 5.56 Å². The Morgan fingerprint density at radius 1 is 1.24 bits per heavy atom. The smallest absolute Gasteiger partial charge is 0.408 e. The van der Waals surface area contributed by atoms with Crippen LogP contribution in [0.2, 0.25) is 10.0 Å². The Labute approximate surface area is 155 Å². The molecule has 2 aromatic rings. The summed E-state index contributed by atoms with van der Waals surface area (Å²) in [5, 5.41) is 3.15. The molecule has 0 aliphatic rings. The van der Waals surface area contributed by atoms with Gasteiger partial charge in [0.15, 0.2) is 0 Å². The van der Waals surface area contributed by atoms with Crippen LogP contribution in [0.4, 0.5) is 9.18 Å². The highest BCUT2D eigenvalue weighted by molar-refractivity contribution is 6.44. The largest absolute Gasteiger partial charge is 0.444 e. The van der Waals surface area contributed by atoms with Crippen LogP contribution in [0.3, 0.4) is 0 Å². The van der Waals surface area contributed by atoms with E-state index in [-0.39, 0.29) is 15.7 Å². The van der Waals surface area contributed by atoms with Crippen LogP contribution in [0.1, 0.15) is 39.3 Å². The third-order valence-electron chi connectivity index (χ3n) is 3.19. The fourth-order valence-electron chi connectivity index (χ4n) is 2.13. The molecule has 0 aliphatic heterocycles. The van der Waals surface area contributed by atoms with Crippen molar-refractivity contribution in [3.05, 3.63) is 46.1 Å². The lowest BCUT2D eigenvalue weighted by Gasteiger charge is -2.23. The van der Waals surface area contributed by atoms with Crippen molar-refractivity contribution in [2.75, 3.05) is 0 Å². The second-order valence-electron chi connectivity index (χ2n) is 6.43. The van der Waals surface area contributed by atoms with Crippen LogP contribution in [0, 0.1) is 5.95 Å². The molecule has 0 bridgehead atoms. The molecule has 2 rings (SSSR count). The van der Waals surface area contributed by atoms with E-state index in [0.717, 1.165) is 6.20 Å². The SMILES string of the molecule is C[C@H](NC(=O)OC(C)(C)C)c1ccc(-c2cncc(F)n2)c(Cl)c1Cl. The maximum Gasteiger partial charge on any atom is 0.408 e. The second kappa shape index (κ2) is 7.54. The first-order chi connectivity index (χ1) is 11.6. The maximum absolute atomic E-state index is 13.3. The number of hydrogen-bond donors (Lipinski definition) is 1. The predicted molar refractivity (Wildman–Crippen MR) is 95.2 cm³/mol. The first kappa shape index (κ1) is 19.4. The summed E-state index contributed by atoms with van der Waals surface area (Å²) in [5.74, 6) is -0.714. The summed E-state index contributed by atoms with van der Waals surface area (Å²) in [6.07, 6.45) is 1.83. The minimum Gasteiger partial charge on any atom is -0.444 e. The zero-order valence-electron chi connectivity index (χ0n) is 14.2. The fourth-order valence-corrected chi connectivity index (χ4v) is 2.73. The monoisotopic (exact) mass is 385 g/mol. The Morgan fingerprint density at radius 2 is 1.92 bits per heavy atom. The summed E-state index contributed by atoms with van der Waals surface area (Å²) < 4.78 is 18.5. The lowest BCUT2D eigenvalue weighted by atomic mass is 10.0. The molecular weight excluding hydrogens is 368 g/mol. The molecule has 0 aliphatic carbocycles. The van der Waals surface area contributed by atoms with Gasteiger partial charge in [-0.3, -0.25) is 4.98 Å². The molecule has 25 heavy (non-hydrogen) atoms. The molecule has 0 radical (unpaired) electrons. The van der Waals surface area contributed by atoms with Crippen LogP contribution in [0.25, 0.3) is 11.3 Å². The Bertz CT molecular complexity index is 794. The van der Waals surface area contributed by atoms with Crippen LogP contribution in [0.5, 0.6) is 0 Å². The summed E-state index contributed by atoms with van der Waals surface area (Å²) in [6, 6.07) is 2.91. The summed E-state index contributed by atoms with van der Waals surface area (Å²) in [4.78, 5) is 19.4. The van der Waals surface area contributed by atoms with E-state index >= 15 is 0 Å². The zero-order chi connectivity index (χ0) is 18.8. The van der Waals surface area contributed by atoms with Gasteiger partial charge in [-0.15, -0.1) is 0 Å². The molecule has 0 saturated carbocycles. The molecule has 1 heterocycles. The number of nitrogens with one attached hydrogen (secondary N) is 1. The van der Waals surface area contributed by atoms with Crippen LogP contribution >= 0.6 is 23.2 Å². The lowest BCUT2D eigenvalue weighted by molar-refractivity contribution is 0.0508. The number of halogens is 3. The van der Waals surface area contributed by atoms with Gasteiger partial charge in [0.25, 0.3) is 0 Å². The Hall–Kier alpha value is -1.92. The normalized spacial score (nSPS) is 12.6. The second-order valence-corrected chi connectivity index (χ2v) is 7.18. The van der Waals surface area contributed by atoms with E-state index in [2.05, 4.69) is 15.3 Å². The average molecular weight is 386 g/mol. The predicted octanol–water partition coefficient (Wildman–Crippen LogP) is 5.18. The summed E-state index contributed by atoms with van der Waals surface area (Å²) >= 11 is 12.6. The van der Waals surface area contributed by atoms with Gasteiger partial charge in [0.05, 0.1) is 34.2 Å². The number of rotatable bonds is 3. The van der Waals surface area contributed by atoms with Crippen molar-refractivity contribution >= 4 is 29.3 Å². The third kappa shape index (κ3) is 5.03. The number of amides is 1. The Balaban J connectivity index is 2.26. The van der Waals surface area contributed by atoms with Crippen LogP contribution in [0.15, 0.2) is 24.5 Å². The van der Waals surface area contributed by atoms with Crippen molar-refractivity contribution in [3.8, 4) is 11.3 Å². The van der Waals surface area contributed by atoms with Crippen LogP contribution < -0.4 is 5.32 Å². The number of nitrogens with zero attached hydrogens (tertiary/aromatic N) is 2. The van der Waals surface area contributed by atoms with Crippen LogP contribution in [-0.2, 0) is 4.74 Å². The van der Waals surface area contributed by atoms with E-state index in [1.54, 1.807) is 39.8 Å². The number of carbonyl (C=O) groups is 1. The third-order valence-corrected chi connectivity index (χ3v) is 4.09. The quantitative estimate of drug-likeness (QED) is 0.790. The maximum atomic E-state index is 13.3. The summed E-state index contributed by atoms with van der Waals surface area (Å²) in [5.41, 5.74) is 0.717. The summed E-state index contributed by atoms with van der Waals surface area (Å²) in [7, 11) is 0. The number of ether oxygens (including phenoxy) is 1. The molecule has 1 N–H and O–H groups in total. The first-order valence-electron chi connectivity index (χ1n) is 7.54. The molecule has 1 aromatic heterocycles. The van der Waals surface area contributed by atoms with Gasteiger partial charge in [-0.1, -0.05) is 35.3 Å². The van der Waals surface area contributed by atoms with E-state index in [9.17, 15) is 9.18 Å². The number of aromatic nitrogens is 2. The fraction of sp³-hybridized carbons (Fsp3) is 0.353. The number of carbonyl (C=O) groups excluding carboxylic acids is 1. The highest BCUT2D eigenvalue weighted by Crippen LogP contribution is 2.37. The Kier molecular flexibility index (Phi) is 5.85. The van der Waals surface area contributed by atoms with Gasteiger partial charge in [-0.05, 0) is 33.3 Å². The highest BCUT2D eigenvalue weighted by atomic mass is 35.5. The van der Waals surface area contributed by atoms with Crippen molar-refractivity contribution in [2.24, 2.45) is 0 Å². The molecule has 134 valence electrons. The van der Waals surface area contributed by atoms with E-state index in [0.29, 0.717) is 11.1 Å². The summed E-state index contributed by atoms with van der Waals surface area (Å²) in [6.45, 7) is 7.07. The minimum absolute atomic E-state index is 0.205. The molecule has 5 nitrogen and oxygen atoms in total. The van der Waals surface area contributed by atoms with Gasteiger partial charge in [0.1, 0.15) is 5.60 Å². The van der Waals surface area contributed by atoms with Gasteiger partial charge in [-0.25, -0.2) is 9.78 Å². The van der Waals surface area contributed by atoms with Gasteiger partial charge >= 0.3 is 6.09 Å². The minimum atomic E-state index is -0.714. The van der Waals surface area contributed by atoms with Crippen molar-refractivity contribution in [1.29, 1.82) is 0 Å². The van der Waals surface area contributed by atoms with E-state index in [1.807, 2.05) is 0 Å². The van der Waals surface area contributed by atoms with E-state index in [4.69, 9.17) is 27.9 Å². The molecule has 0 spiro atoms. The number of alkyl carbamates (subject to hydrolysis) is 1. The average Bonchev–Trinajstić information content (AvgIpc) is 2.47. The lowest BCUT2D eigenvalue weighted by Crippen LogP contribution is -2.34. The molecule has 8 heteroatoms. The van der Waals surface area contributed by atoms with Gasteiger partial charge in [-0.2, -0.15) is 4.39 Å². The molecule has 1 amide bonds. The van der Waals surface area contributed by atoms with E-state index < -0.39 is 23.7 Å². The molecular formula is C17H18Cl2FN3O2. The first-order valence-corrected chi connectivity index (χ1v) is 8.29. The topological polar surface area (TPSA) is 64.1 Å². The number of hydrogen-bond acceptors (Lipinski definition) is 4. The molecule has 0 saturated heterocycles. The van der Waals surface area contributed by atoms with Crippen LogP contribution in [-0.4, -0.2) is 21.7 Å². The van der Waals surface area contributed by atoms with Gasteiger partial charge in [0.2, 0.25) is 5.95 Å². The Morgan fingerprint density at radius 3 is 2.52 bits per heavy atom. The van der Waals surface area contributed by atoms with Crippen molar-refractivity contribution in [2.45, 2.75) is 39.3 Å². The zero-order valence-corrected chi connectivity index (χ0v) is 15.7. The number of benzene rings is 1. The van der Waals surface area contributed by atoms with Crippen molar-refractivity contribution in [1.82, 2.24) is 15.3 Å². The molecule has 0 fully saturated rings. The van der Waals surface area contributed by atoms with Crippen molar-refractivity contribution in [3.63, 3.8) is 0 Å². The molecule has 0 unspecified atom stereocenters. The molecule has 1 aromatic carbocycles. The van der Waals surface area contributed by atoms with E-state index in [1.165, 1.54) is 6.20 Å². The standard InChI is InChI=1S/C17H18Cl2FN3O2/c1-9(22-16(24)25-17(2,3)4)10-5-6-11(15(19)14(10)18)12-7-21-8-13(20)23-12/h5-9H,1-4H3,(H,22,24)/t9-/m0/s1. The molecule has 1 atom stereocenters. The van der Waals surface area contributed by atoms with Crippen molar-refractivity contribution < 1.29 is 13.9 Å². The van der Waals surface area contributed by atoms with Gasteiger partial charge < -0.3 is 10.1 Å².